The highest BCUT2D eigenvalue weighted by Crippen LogP contribution is 2.27. The molecule has 0 amide bonds. The van der Waals surface area contributed by atoms with Crippen LogP contribution in [0.5, 0.6) is 5.75 Å². The quantitative estimate of drug-likeness (QED) is 0.554. The van der Waals surface area contributed by atoms with Crippen LogP contribution in [0.2, 0.25) is 10.0 Å². The molecule has 0 radical (unpaired) electrons. The highest BCUT2D eigenvalue weighted by Gasteiger charge is 2.17. The first-order valence-electron chi connectivity index (χ1n) is 10.4. The lowest BCUT2D eigenvalue weighted by atomic mass is 10.1. The second kappa shape index (κ2) is 9.39. The van der Waals surface area contributed by atoms with E-state index in [-0.39, 0.29) is 0 Å². The molecule has 4 rings (SSSR count). The first-order valence-corrected chi connectivity index (χ1v) is 11.1. The molecule has 0 spiro atoms. The van der Waals surface area contributed by atoms with Gasteiger partial charge in [-0.2, -0.15) is 0 Å². The maximum Gasteiger partial charge on any atom is 0.119 e. The first-order chi connectivity index (χ1) is 13.7. The van der Waals surface area contributed by atoms with Gasteiger partial charge >= 0.3 is 0 Å². The van der Waals surface area contributed by atoms with Crippen LogP contribution in [0.4, 0.5) is 5.69 Å². The van der Waals surface area contributed by atoms with Crippen LogP contribution >= 0.6 is 23.2 Å². The van der Waals surface area contributed by atoms with Crippen LogP contribution in [0.3, 0.4) is 0 Å². The maximum atomic E-state index is 6.13. The van der Waals surface area contributed by atoms with E-state index in [1.165, 1.54) is 36.8 Å². The fourth-order valence-corrected chi connectivity index (χ4v) is 4.73. The number of piperazine rings is 1. The van der Waals surface area contributed by atoms with Gasteiger partial charge in [0.1, 0.15) is 5.75 Å². The minimum atomic E-state index is 0.702. The number of anilines is 1. The average Bonchev–Trinajstić information content (AvgIpc) is 3.15. The Kier molecular flexibility index (Phi) is 6.66. The summed E-state index contributed by atoms with van der Waals surface area (Å²) in [7, 11) is 0. The largest absolute Gasteiger partial charge is 0.494 e. The number of hydrogen-bond donors (Lipinski definition) is 0. The molecular formula is C23H28Cl2N2O. The van der Waals surface area contributed by atoms with Crippen molar-refractivity contribution in [2.75, 3.05) is 44.2 Å². The van der Waals surface area contributed by atoms with E-state index in [9.17, 15) is 0 Å². The third kappa shape index (κ3) is 5.14. The Morgan fingerprint density at radius 2 is 1.57 bits per heavy atom. The summed E-state index contributed by atoms with van der Waals surface area (Å²) in [5.74, 6) is 1.04. The Morgan fingerprint density at radius 1 is 0.821 bits per heavy atom. The van der Waals surface area contributed by atoms with Gasteiger partial charge in [-0.15, -0.1) is 0 Å². The molecule has 2 aromatic rings. The average molecular weight is 419 g/mol. The molecule has 0 bridgehead atoms. The van der Waals surface area contributed by atoms with E-state index in [0.717, 1.165) is 57.2 Å². The van der Waals surface area contributed by atoms with Crippen LogP contribution in [-0.2, 0) is 12.8 Å². The molecule has 5 heteroatoms. The fraction of sp³-hybridized carbons (Fsp3) is 0.478. The molecule has 0 atom stereocenters. The van der Waals surface area contributed by atoms with Crippen molar-refractivity contribution in [1.82, 2.24) is 4.90 Å². The summed E-state index contributed by atoms with van der Waals surface area (Å²) in [6.07, 6.45) is 6.00. The summed E-state index contributed by atoms with van der Waals surface area (Å²) in [6, 6.07) is 12.4. The number of aryl methyl sites for hydroxylation is 2. The molecule has 3 nitrogen and oxygen atoms in total. The highest BCUT2D eigenvalue weighted by atomic mass is 35.5. The molecule has 0 aromatic heterocycles. The van der Waals surface area contributed by atoms with Crippen LogP contribution in [0.15, 0.2) is 36.4 Å². The Balaban J connectivity index is 1.14. The van der Waals surface area contributed by atoms with E-state index < -0.39 is 0 Å². The fourth-order valence-electron chi connectivity index (χ4n) is 4.22. The van der Waals surface area contributed by atoms with Crippen molar-refractivity contribution in [1.29, 1.82) is 0 Å². The van der Waals surface area contributed by atoms with Gasteiger partial charge < -0.3 is 9.64 Å². The summed E-state index contributed by atoms with van der Waals surface area (Å²) in [6.45, 7) is 6.13. The van der Waals surface area contributed by atoms with E-state index in [4.69, 9.17) is 27.9 Å². The van der Waals surface area contributed by atoms with Crippen LogP contribution in [0.25, 0.3) is 0 Å². The minimum Gasteiger partial charge on any atom is -0.494 e. The number of ether oxygens (including phenoxy) is 1. The third-order valence-electron chi connectivity index (χ3n) is 5.79. The zero-order chi connectivity index (χ0) is 19.3. The van der Waals surface area contributed by atoms with E-state index >= 15 is 0 Å². The topological polar surface area (TPSA) is 15.7 Å². The molecule has 0 N–H and O–H groups in total. The van der Waals surface area contributed by atoms with E-state index in [2.05, 4.69) is 28.0 Å². The summed E-state index contributed by atoms with van der Waals surface area (Å²) in [4.78, 5) is 4.91. The molecule has 1 aliphatic heterocycles. The second-order valence-electron chi connectivity index (χ2n) is 7.80. The van der Waals surface area contributed by atoms with Crippen molar-refractivity contribution in [2.45, 2.75) is 32.1 Å². The Morgan fingerprint density at radius 3 is 2.36 bits per heavy atom. The molecule has 0 unspecified atom stereocenters. The van der Waals surface area contributed by atoms with Gasteiger partial charge in [0.25, 0.3) is 0 Å². The van der Waals surface area contributed by atoms with Crippen molar-refractivity contribution in [2.24, 2.45) is 0 Å². The number of hydrogen-bond acceptors (Lipinski definition) is 3. The summed E-state index contributed by atoms with van der Waals surface area (Å²) in [5.41, 5.74) is 4.11. The third-order valence-corrected chi connectivity index (χ3v) is 6.23. The number of halogens is 2. The molecule has 1 fully saturated rings. The maximum absolute atomic E-state index is 6.13. The highest BCUT2D eigenvalue weighted by molar-refractivity contribution is 6.35. The van der Waals surface area contributed by atoms with Crippen molar-refractivity contribution in [3.05, 3.63) is 57.6 Å². The Hall–Kier alpha value is -1.42. The lowest BCUT2D eigenvalue weighted by molar-refractivity contribution is 0.238. The molecule has 1 saturated heterocycles. The van der Waals surface area contributed by atoms with Gasteiger partial charge in [-0.3, -0.25) is 4.90 Å². The monoisotopic (exact) mass is 418 g/mol. The molecule has 1 aliphatic carbocycles. The summed E-state index contributed by atoms with van der Waals surface area (Å²) >= 11 is 12.3. The molecule has 2 aliphatic rings. The SMILES string of the molecule is Clc1cc(Cl)cc(N2CCN(CCCCOc3ccc4c(c3)CCC4)CC2)c1. The zero-order valence-corrected chi connectivity index (χ0v) is 17.8. The van der Waals surface area contributed by atoms with Crippen LogP contribution < -0.4 is 9.64 Å². The van der Waals surface area contributed by atoms with E-state index in [1.807, 2.05) is 12.1 Å². The lowest BCUT2D eigenvalue weighted by Crippen LogP contribution is -2.46. The zero-order valence-electron chi connectivity index (χ0n) is 16.3. The number of fused-ring (bicyclic) bond motifs is 1. The smallest absolute Gasteiger partial charge is 0.119 e. The molecule has 150 valence electrons. The van der Waals surface area contributed by atoms with Gasteiger partial charge in [0.05, 0.1) is 6.61 Å². The summed E-state index contributed by atoms with van der Waals surface area (Å²) < 4.78 is 5.97. The van der Waals surface area contributed by atoms with Gasteiger partial charge in [-0.1, -0.05) is 29.3 Å². The van der Waals surface area contributed by atoms with Gasteiger partial charge in [0.2, 0.25) is 0 Å². The van der Waals surface area contributed by atoms with Crippen molar-refractivity contribution < 1.29 is 4.74 Å². The predicted molar refractivity (Wildman–Crippen MR) is 118 cm³/mol. The van der Waals surface area contributed by atoms with E-state index in [0.29, 0.717) is 10.0 Å². The van der Waals surface area contributed by atoms with Gasteiger partial charge in [-0.05, 0) is 80.1 Å². The van der Waals surface area contributed by atoms with Crippen LogP contribution in [0, 0.1) is 0 Å². The second-order valence-corrected chi connectivity index (χ2v) is 8.67. The predicted octanol–water partition coefficient (Wildman–Crippen LogP) is 5.46. The molecular weight excluding hydrogens is 391 g/mol. The number of rotatable bonds is 7. The summed E-state index contributed by atoms with van der Waals surface area (Å²) in [5, 5.41) is 1.40. The van der Waals surface area contributed by atoms with Crippen LogP contribution in [-0.4, -0.2) is 44.2 Å². The number of nitrogens with zero attached hydrogens (tertiary/aromatic N) is 2. The van der Waals surface area contributed by atoms with E-state index in [1.54, 1.807) is 6.07 Å². The lowest BCUT2D eigenvalue weighted by Gasteiger charge is -2.36. The van der Waals surface area contributed by atoms with Crippen molar-refractivity contribution in [3.63, 3.8) is 0 Å². The number of benzene rings is 2. The first kappa shape index (κ1) is 19.9. The Bertz CT molecular complexity index is 783. The normalized spacial score (nSPS) is 17.0. The van der Waals surface area contributed by atoms with Gasteiger partial charge in [-0.25, -0.2) is 0 Å². The molecule has 1 heterocycles. The molecule has 2 aromatic carbocycles. The Labute approximate surface area is 178 Å². The van der Waals surface area contributed by atoms with Crippen molar-refractivity contribution in [3.8, 4) is 5.75 Å². The van der Waals surface area contributed by atoms with Gasteiger partial charge in [0, 0.05) is 41.9 Å². The standard InChI is InChI=1S/C23H28Cl2N2O/c24-20-15-21(25)17-22(16-20)27-11-9-26(10-12-27)8-1-2-13-28-23-7-6-18-4-3-5-19(18)14-23/h6-7,14-17H,1-5,8-13H2. The number of unbranched alkanes of at least 4 members (excludes halogenated alkanes) is 1. The molecule has 0 saturated carbocycles. The van der Waals surface area contributed by atoms with Crippen molar-refractivity contribution >= 4 is 28.9 Å². The van der Waals surface area contributed by atoms with Gasteiger partial charge in [0.15, 0.2) is 0 Å². The molecule has 28 heavy (non-hydrogen) atoms. The minimum absolute atomic E-state index is 0.702. The van der Waals surface area contributed by atoms with Crippen LogP contribution in [0.1, 0.15) is 30.4 Å².